The summed E-state index contributed by atoms with van der Waals surface area (Å²) in [6.45, 7) is 0.475. The Bertz CT molecular complexity index is 1690. The highest BCUT2D eigenvalue weighted by Gasteiger charge is 2.25. The molecule has 0 radical (unpaired) electrons. The van der Waals surface area contributed by atoms with E-state index in [9.17, 15) is 18.7 Å². The van der Waals surface area contributed by atoms with Crippen LogP contribution in [0.3, 0.4) is 0 Å². The van der Waals surface area contributed by atoms with Gasteiger partial charge < -0.3 is 21.1 Å². The minimum Gasteiger partial charge on any atom is -0.365 e. The molecule has 10 nitrogen and oxygen atoms in total. The van der Waals surface area contributed by atoms with Crippen molar-refractivity contribution in [1.29, 1.82) is 0 Å². The highest BCUT2D eigenvalue weighted by molar-refractivity contribution is 7.15. The second-order valence-corrected chi connectivity index (χ2v) is 9.84. The quantitative estimate of drug-likeness (QED) is 0.240. The molecular weight excluding hydrogens is 526 g/mol. The van der Waals surface area contributed by atoms with Crippen LogP contribution < -0.4 is 16.0 Å². The number of rotatable bonds is 7. The molecule has 4 N–H and O–H groups in total. The third-order valence-electron chi connectivity index (χ3n) is 6.14. The van der Waals surface area contributed by atoms with Crippen molar-refractivity contribution in [2.24, 2.45) is 0 Å². The van der Waals surface area contributed by atoms with Crippen LogP contribution >= 0.6 is 11.3 Å². The fourth-order valence-electron chi connectivity index (χ4n) is 4.20. The summed E-state index contributed by atoms with van der Waals surface area (Å²) in [6.07, 6.45) is 0.553. The van der Waals surface area contributed by atoms with Crippen LogP contribution in [0.25, 0.3) is 21.8 Å². The summed E-state index contributed by atoms with van der Waals surface area (Å²) < 4.78 is 27.9. The molecule has 0 bridgehead atoms. The van der Waals surface area contributed by atoms with Gasteiger partial charge in [-0.1, -0.05) is 12.1 Å². The third-order valence-corrected chi connectivity index (χ3v) is 7.27. The Hall–Kier alpha value is -4.75. The number of hydrogen-bond acceptors (Lipinski definition) is 9. The van der Waals surface area contributed by atoms with Crippen molar-refractivity contribution < 1.29 is 18.7 Å². The minimum atomic E-state index is -1.03. The molecule has 1 aliphatic heterocycles. The van der Waals surface area contributed by atoms with Gasteiger partial charge in [-0.15, -0.1) is 16.4 Å². The standard InChI is InChI=1S/C26H20F2N8O2S/c27-19-6-3-14(10-20(19)28)12-31-25(37)17-2-1-9-29-23(17)30-13-16-5-8-22(39-16)15-4-7-21-18(11-15)24-33-34-35-36(24)26(38)32-21/h1-11,26,32,38H,12-13H2,(H,29,30)(H,31,37). The van der Waals surface area contributed by atoms with Gasteiger partial charge in [-0.2, -0.15) is 4.68 Å². The molecule has 0 saturated heterocycles. The molecular formula is C26H20F2N8O2S. The smallest absolute Gasteiger partial charge is 0.255 e. The maximum Gasteiger partial charge on any atom is 0.255 e. The average Bonchev–Trinajstić information content (AvgIpc) is 3.63. The van der Waals surface area contributed by atoms with E-state index in [0.717, 1.165) is 38.7 Å². The highest BCUT2D eigenvalue weighted by atomic mass is 32.1. The lowest BCUT2D eigenvalue weighted by molar-refractivity contribution is 0.0951. The van der Waals surface area contributed by atoms with Crippen LogP contribution in [0.2, 0.25) is 0 Å². The summed E-state index contributed by atoms with van der Waals surface area (Å²) in [5, 5.41) is 30.6. The molecule has 4 heterocycles. The largest absolute Gasteiger partial charge is 0.365 e. The molecule has 13 heteroatoms. The first-order chi connectivity index (χ1) is 19.0. The number of fused-ring (bicyclic) bond motifs is 3. The molecule has 1 unspecified atom stereocenters. The van der Waals surface area contributed by atoms with Gasteiger partial charge in [0.05, 0.1) is 12.1 Å². The third kappa shape index (κ3) is 4.92. The van der Waals surface area contributed by atoms with Crippen LogP contribution in [-0.2, 0) is 13.1 Å². The Kier molecular flexibility index (Phi) is 6.42. The van der Waals surface area contributed by atoms with E-state index in [1.54, 1.807) is 29.7 Å². The van der Waals surface area contributed by atoms with E-state index in [1.165, 1.54) is 10.7 Å². The van der Waals surface area contributed by atoms with Crippen LogP contribution in [-0.4, -0.2) is 36.2 Å². The Labute approximate surface area is 224 Å². The van der Waals surface area contributed by atoms with Crippen molar-refractivity contribution in [2.75, 3.05) is 10.6 Å². The van der Waals surface area contributed by atoms with Crippen LogP contribution in [0.15, 0.2) is 66.9 Å². The molecule has 5 aromatic rings. The number of nitrogens with zero attached hydrogens (tertiary/aromatic N) is 5. The topological polar surface area (TPSA) is 130 Å². The minimum absolute atomic E-state index is 0.0419. The SMILES string of the molecule is O=C(NCc1ccc(F)c(F)c1)c1cccnc1NCc1ccc(-c2ccc3c(c2)-c2nnnn2C(O)N3)s1. The summed E-state index contributed by atoms with van der Waals surface area (Å²) in [4.78, 5) is 19.1. The molecule has 39 heavy (non-hydrogen) atoms. The van der Waals surface area contributed by atoms with Crippen LogP contribution in [0.4, 0.5) is 20.3 Å². The number of amides is 1. The number of nitrogens with one attached hydrogen (secondary N) is 3. The van der Waals surface area contributed by atoms with Crippen LogP contribution in [0.5, 0.6) is 0 Å². The van der Waals surface area contributed by atoms with Crippen LogP contribution in [0.1, 0.15) is 27.2 Å². The maximum absolute atomic E-state index is 13.5. The van der Waals surface area contributed by atoms with Crippen molar-refractivity contribution >= 4 is 28.7 Å². The van der Waals surface area contributed by atoms with Gasteiger partial charge in [0.15, 0.2) is 17.5 Å². The summed E-state index contributed by atoms with van der Waals surface area (Å²) in [5.74, 6) is -1.42. The molecule has 1 aliphatic rings. The van der Waals surface area contributed by atoms with E-state index in [0.29, 0.717) is 29.3 Å². The summed E-state index contributed by atoms with van der Waals surface area (Å²) in [7, 11) is 0. The molecule has 1 atom stereocenters. The van der Waals surface area contributed by atoms with Crippen molar-refractivity contribution in [2.45, 2.75) is 19.4 Å². The second kappa shape index (κ2) is 10.2. The second-order valence-electron chi connectivity index (χ2n) is 8.68. The van der Waals surface area contributed by atoms with E-state index >= 15 is 0 Å². The van der Waals surface area contributed by atoms with Gasteiger partial charge in [-0.25, -0.2) is 13.8 Å². The maximum atomic E-state index is 13.5. The zero-order valence-corrected chi connectivity index (χ0v) is 20.9. The zero-order valence-electron chi connectivity index (χ0n) is 20.1. The first kappa shape index (κ1) is 24.6. The molecule has 3 aromatic heterocycles. The number of anilines is 2. The lowest BCUT2D eigenvalue weighted by Gasteiger charge is -2.23. The monoisotopic (exact) mass is 546 g/mol. The van der Waals surface area contributed by atoms with E-state index in [4.69, 9.17) is 0 Å². The van der Waals surface area contributed by atoms with Crippen molar-refractivity contribution in [1.82, 2.24) is 30.5 Å². The fraction of sp³-hybridized carbons (Fsp3) is 0.115. The van der Waals surface area contributed by atoms with E-state index in [1.807, 2.05) is 30.3 Å². The lowest BCUT2D eigenvalue weighted by atomic mass is 10.1. The van der Waals surface area contributed by atoms with Gasteiger partial charge in [-0.05, 0) is 70.1 Å². The van der Waals surface area contributed by atoms with Gasteiger partial charge in [0, 0.05) is 33.7 Å². The molecule has 2 aromatic carbocycles. The molecule has 0 fully saturated rings. The first-order valence-corrected chi connectivity index (χ1v) is 12.6. The summed E-state index contributed by atoms with van der Waals surface area (Å²) >= 11 is 1.58. The van der Waals surface area contributed by atoms with E-state index in [-0.39, 0.29) is 6.54 Å². The van der Waals surface area contributed by atoms with Gasteiger partial charge >= 0.3 is 0 Å². The Morgan fingerprint density at radius 1 is 1.08 bits per heavy atom. The van der Waals surface area contributed by atoms with Crippen molar-refractivity contribution in [3.05, 3.63) is 94.5 Å². The zero-order chi connectivity index (χ0) is 26.9. The van der Waals surface area contributed by atoms with E-state index < -0.39 is 23.9 Å². The molecule has 0 saturated carbocycles. The van der Waals surface area contributed by atoms with Crippen LogP contribution in [0, 0.1) is 11.6 Å². The Balaban J connectivity index is 1.14. The van der Waals surface area contributed by atoms with Gasteiger partial charge in [0.25, 0.3) is 5.91 Å². The van der Waals surface area contributed by atoms with Crippen molar-refractivity contribution in [3.63, 3.8) is 0 Å². The van der Waals surface area contributed by atoms with Gasteiger partial charge in [0.2, 0.25) is 6.35 Å². The normalized spacial score (nSPS) is 13.8. The fourth-order valence-corrected chi connectivity index (χ4v) is 5.14. The number of aliphatic hydroxyl groups excluding tert-OH is 1. The van der Waals surface area contributed by atoms with Gasteiger partial charge in [0.1, 0.15) is 5.82 Å². The first-order valence-electron chi connectivity index (χ1n) is 11.8. The molecule has 0 aliphatic carbocycles. The number of pyridine rings is 1. The molecule has 0 spiro atoms. The average molecular weight is 547 g/mol. The molecule has 196 valence electrons. The Morgan fingerprint density at radius 2 is 1.97 bits per heavy atom. The predicted molar refractivity (Wildman–Crippen MR) is 141 cm³/mol. The van der Waals surface area contributed by atoms with Crippen molar-refractivity contribution in [3.8, 4) is 21.8 Å². The number of thiophene rings is 1. The number of tetrazole rings is 1. The number of benzene rings is 2. The van der Waals surface area contributed by atoms with Gasteiger partial charge in [-0.3, -0.25) is 4.79 Å². The lowest BCUT2D eigenvalue weighted by Crippen LogP contribution is -2.24. The number of halogens is 2. The predicted octanol–water partition coefficient (Wildman–Crippen LogP) is 4.16. The molecule has 1 amide bonds. The number of carbonyl (C=O) groups is 1. The highest BCUT2D eigenvalue weighted by Crippen LogP contribution is 2.38. The Morgan fingerprint density at radius 3 is 2.85 bits per heavy atom. The summed E-state index contributed by atoms with van der Waals surface area (Å²) in [6, 6.07) is 16.6. The number of aliphatic hydroxyl groups is 1. The molecule has 6 rings (SSSR count). The number of hydrogen-bond donors (Lipinski definition) is 4. The summed E-state index contributed by atoms with van der Waals surface area (Å²) in [5.41, 5.74) is 3.25. The van der Waals surface area contributed by atoms with E-state index in [2.05, 4.69) is 36.5 Å². The number of carbonyl (C=O) groups excluding carboxylic acids is 1. The number of aromatic nitrogens is 5.